The van der Waals surface area contributed by atoms with Crippen molar-refractivity contribution in [3.05, 3.63) is 29.8 Å². The van der Waals surface area contributed by atoms with E-state index < -0.39 is 5.60 Å². The van der Waals surface area contributed by atoms with Crippen LogP contribution in [0.15, 0.2) is 29.3 Å². The fraction of sp³-hybridized carbons (Fsp3) is 0.667. The maximum Gasteiger partial charge on any atom is 0.407 e. The van der Waals surface area contributed by atoms with Gasteiger partial charge in [0.15, 0.2) is 5.96 Å². The number of rotatable bonds is 9. The number of amides is 1. The standard InChI is InChI=1S/C24H40N4O4/c1-6-25-21(26-14-7-15-27-22(29)32-23(2,3)4)28-18-24(12-16-31-17-13-24)19-8-10-20(30-5)11-9-19/h8-11H,6-7,12-18H2,1-5H3,(H,27,29)(H2,25,26,28). The van der Waals surface area contributed by atoms with Gasteiger partial charge in [0.25, 0.3) is 0 Å². The molecule has 1 heterocycles. The summed E-state index contributed by atoms with van der Waals surface area (Å²) in [6.07, 6.45) is 2.24. The minimum absolute atomic E-state index is 0.0505. The number of hydrogen-bond acceptors (Lipinski definition) is 5. The van der Waals surface area contributed by atoms with Crippen molar-refractivity contribution in [1.82, 2.24) is 16.0 Å². The summed E-state index contributed by atoms with van der Waals surface area (Å²) in [5.74, 6) is 1.64. The van der Waals surface area contributed by atoms with Crippen LogP contribution >= 0.6 is 0 Å². The van der Waals surface area contributed by atoms with E-state index in [1.165, 1.54) is 5.56 Å². The van der Waals surface area contributed by atoms with E-state index in [4.69, 9.17) is 19.2 Å². The lowest BCUT2D eigenvalue weighted by Gasteiger charge is -2.36. The molecule has 0 saturated carbocycles. The monoisotopic (exact) mass is 448 g/mol. The number of nitrogens with one attached hydrogen (secondary N) is 3. The Kier molecular flexibility index (Phi) is 10.1. The fourth-order valence-electron chi connectivity index (χ4n) is 3.62. The van der Waals surface area contributed by atoms with E-state index in [9.17, 15) is 4.79 Å². The molecule has 32 heavy (non-hydrogen) atoms. The lowest BCUT2D eigenvalue weighted by molar-refractivity contribution is 0.0524. The zero-order valence-corrected chi connectivity index (χ0v) is 20.3. The Morgan fingerprint density at radius 1 is 1.09 bits per heavy atom. The largest absolute Gasteiger partial charge is 0.497 e. The van der Waals surface area contributed by atoms with E-state index in [0.717, 1.165) is 50.7 Å². The number of carbonyl (C=O) groups excluding carboxylic acids is 1. The third kappa shape index (κ3) is 8.57. The van der Waals surface area contributed by atoms with Gasteiger partial charge >= 0.3 is 6.09 Å². The van der Waals surface area contributed by atoms with Crippen LogP contribution in [0.25, 0.3) is 0 Å². The Bertz CT molecular complexity index is 723. The lowest BCUT2D eigenvalue weighted by Crippen LogP contribution is -2.42. The zero-order valence-electron chi connectivity index (χ0n) is 20.3. The Morgan fingerprint density at radius 2 is 1.75 bits per heavy atom. The molecule has 180 valence electrons. The average molecular weight is 449 g/mol. The first-order valence-corrected chi connectivity index (χ1v) is 11.5. The van der Waals surface area contributed by atoms with Gasteiger partial charge in [-0.25, -0.2) is 4.79 Å². The molecule has 1 aromatic carbocycles. The molecule has 1 aliphatic heterocycles. The van der Waals surface area contributed by atoms with Gasteiger partial charge in [0.05, 0.1) is 13.7 Å². The number of ether oxygens (including phenoxy) is 3. The molecule has 2 rings (SSSR count). The lowest BCUT2D eigenvalue weighted by atomic mass is 9.74. The summed E-state index contributed by atoms with van der Waals surface area (Å²) in [6.45, 7) is 11.8. The van der Waals surface area contributed by atoms with Crippen LogP contribution < -0.4 is 20.7 Å². The molecular weight excluding hydrogens is 408 g/mol. The molecule has 8 heteroatoms. The van der Waals surface area contributed by atoms with Crippen molar-refractivity contribution in [3.63, 3.8) is 0 Å². The van der Waals surface area contributed by atoms with Gasteiger partial charge in [-0.2, -0.15) is 0 Å². The molecular formula is C24H40N4O4. The van der Waals surface area contributed by atoms with Crippen molar-refractivity contribution >= 4 is 12.1 Å². The van der Waals surface area contributed by atoms with E-state index in [1.54, 1.807) is 7.11 Å². The number of carbonyl (C=O) groups is 1. The van der Waals surface area contributed by atoms with Gasteiger partial charge in [-0.15, -0.1) is 0 Å². The molecule has 1 amide bonds. The highest BCUT2D eigenvalue weighted by atomic mass is 16.6. The Balaban J connectivity index is 1.93. The topological polar surface area (TPSA) is 93.2 Å². The van der Waals surface area contributed by atoms with Crippen LogP contribution in [-0.4, -0.2) is 64.2 Å². The van der Waals surface area contributed by atoms with Gasteiger partial charge in [-0.05, 0) is 64.7 Å². The maximum atomic E-state index is 11.7. The molecule has 1 aromatic rings. The van der Waals surface area contributed by atoms with Crippen molar-refractivity contribution in [2.45, 2.75) is 58.0 Å². The third-order valence-electron chi connectivity index (χ3n) is 5.35. The van der Waals surface area contributed by atoms with Gasteiger partial charge < -0.3 is 30.2 Å². The molecule has 1 aliphatic rings. The smallest absolute Gasteiger partial charge is 0.407 e. The number of benzene rings is 1. The van der Waals surface area contributed by atoms with Crippen LogP contribution in [0, 0.1) is 0 Å². The SMILES string of the molecule is CCNC(=NCC1(c2ccc(OC)cc2)CCOCC1)NCCCNC(=O)OC(C)(C)C. The molecule has 1 fully saturated rings. The minimum atomic E-state index is -0.489. The second-order valence-corrected chi connectivity index (χ2v) is 9.03. The van der Waals surface area contributed by atoms with Crippen LogP contribution in [0.2, 0.25) is 0 Å². The van der Waals surface area contributed by atoms with E-state index in [1.807, 2.05) is 32.9 Å². The first-order valence-electron chi connectivity index (χ1n) is 11.5. The molecule has 8 nitrogen and oxygen atoms in total. The quantitative estimate of drug-likeness (QED) is 0.305. The summed E-state index contributed by atoms with van der Waals surface area (Å²) in [4.78, 5) is 16.6. The summed E-state index contributed by atoms with van der Waals surface area (Å²) in [5, 5.41) is 9.46. The molecule has 1 saturated heterocycles. The predicted octanol–water partition coefficient (Wildman–Crippen LogP) is 3.21. The summed E-state index contributed by atoms with van der Waals surface area (Å²) < 4.78 is 16.2. The molecule has 0 aromatic heterocycles. The molecule has 0 unspecified atom stereocenters. The third-order valence-corrected chi connectivity index (χ3v) is 5.35. The molecule has 3 N–H and O–H groups in total. The van der Waals surface area contributed by atoms with Gasteiger partial charge in [0.2, 0.25) is 0 Å². The van der Waals surface area contributed by atoms with E-state index in [-0.39, 0.29) is 11.5 Å². The Labute approximate surface area is 192 Å². The molecule has 0 radical (unpaired) electrons. The summed E-state index contributed by atoms with van der Waals surface area (Å²) in [5.41, 5.74) is 0.727. The van der Waals surface area contributed by atoms with E-state index in [2.05, 4.69) is 35.0 Å². The van der Waals surface area contributed by atoms with Crippen molar-refractivity contribution in [3.8, 4) is 5.75 Å². The Hall–Kier alpha value is -2.48. The van der Waals surface area contributed by atoms with Crippen molar-refractivity contribution in [2.75, 3.05) is 46.5 Å². The molecule has 0 aliphatic carbocycles. The van der Waals surface area contributed by atoms with Crippen molar-refractivity contribution in [1.29, 1.82) is 0 Å². The van der Waals surface area contributed by atoms with Gasteiger partial charge in [-0.3, -0.25) is 4.99 Å². The summed E-state index contributed by atoms with van der Waals surface area (Å²) >= 11 is 0. The van der Waals surface area contributed by atoms with Crippen molar-refractivity contribution in [2.24, 2.45) is 4.99 Å². The highest BCUT2D eigenvalue weighted by molar-refractivity contribution is 5.79. The summed E-state index contributed by atoms with van der Waals surface area (Å²) in [7, 11) is 1.68. The predicted molar refractivity (Wildman–Crippen MR) is 128 cm³/mol. The van der Waals surface area contributed by atoms with E-state index in [0.29, 0.717) is 19.6 Å². The maximum absolute atomic E-state index is 11.7. The number of guanidine groups is 1. The number of aliphatic imine (C=N–C) groups is 1. The summed E-state index contributed by atoms with van der Waals surface area (Å²) in [6, 6.07) is 8.31. The van der Waals surface area contributed by atoms with Gasteiger partial charge in [0, 0.05) is 38.3 Å². The molecule has 0 atom stereocenters. The fourth-order valence-corrected chi connectivity index (χ4v) is 3.62. The van der Waals surface area contributed by atoms with Crippen molar-refractivity contribution < 1.29 is 19.0 Å². The highest BCUT2D eigenvalue weighted by Gasteiger charge is 2.34. The minimum Gasteiger partial charge on any atom is -0.497 e. The highest BCUT2D eigenvalue weighted by Crippen LogP contribution is 2.36. The number of alkyl carbamates (subject to hydrolysis) is 1. The zero-order chi connectivity index (χ0) is 23.5. The van der Waals surface area contributed by atoms with Crippen LogP contribution in [0.4, 0.5) is 4.79 Å². The Morgan fingerprint density at radius 3 is 2.34 bits per heavy atom. The second kappa shape index (κ2) is 12.5. The second-order valence-electron chi connectivity index (χ2n) is 9.03. The molecule has 0 spiro atoms. The van der Waals surface area contributed by atoms with Crippen LogP contribution in [0.1, 0.15) is 52.5 Å². The van der Waals surface area contributed by atoms with Gasteiger partial charge in [-0.1, -0.05) is 12.1 Å². The van der Waals surface area contributed by atoms with E-state index >= 15 is 0 Å². The number of hydrogen-bond donors (Lipinski definition) is 3. The van der Waals surface area contributed by atoms with Crippen LogP contribution in [-0.2, 0) is 14.9 Å². The van der Waals surface area contributed by atoms with Crippen LogP contribution in [0.3, 0.4) is 0 Å². The molecule has 0 bridgehead atoms. The first kappa shape index (κ1) is 25.8. The van der Waals surface area contributed by atoms with Crippen LogP contribution in [0.5, 0.6) is 5.75 Å². The van der Waals surface area contributed by atoms with Gasteiger partial charge in [0.1, 0.15) is 11.4 Å². The average Bonchev–Trinajstić information content (AvgIpc) is 2.76. The number of methoxy groups -OCH3 is 1. The first-order chi connectivity index (χ1) is 15.3. The normalized spacial score (nSPS) is 16.2. The number of nitrogens with zero attached hydrogens (tertiary/aromatic N) is 1.